The SMILES string of the molecule is N#CC1(Cc2cccc([N+](=O)[O-])c2)CCCCC1. The van der Waals surface area contributed by atoms with Gasteiger partial charge < -0.3 is 0 Å². The zero-order valence-corrected chi connectivity index (χ0v) is 10.3. The van der Waals surface area contributed by atoms with Crippen LogP contribution in [0.4, 0.5) is 5.69 Å². The maximum atomic E-state index is 10.7. The Morgan fingerprint density at radius 2 is 2.06 bits per heavy atom. The molecule has 1 aromatic carbocycles. The van der Waals surface area contributed by atoms with Crippen molar-refractivity contribution < 1.29 is 4.92 Å². The number of nitriles is 1. The van der Waals surface area contributed by atoms with Gasteiger partial charge in [-0.05, 0) is 24.8 Å². The van der Waals surface area contributed by atoms with Crippen LogP contribution in [0.2, 0.25) is 0 Å². The van der Waals surface area contributed by atoms with Crippen LogP contribution in [-0.2, 0) is 6.42 Å². The lowest BCUT2D eigenvalue weighted by Gasteiger charge is -2.30. The van der Waals surface area contributed by atoms with Gasteiger partial charge in [-0.3, -0.25) is 10.1 Å². The van der Waals surface area contributed by atoms with E-state index < -0.39 is 0 Å². The predicted octanol–water partition coefficient (Wildman–Crippen LogP) is 3.61. The van der Waals surface area contributed by atoms with Gasteiger partial charge in [0.1, 0.15) is 0 Å². The Hall–Kier alpha value is -1.89. The largest absolute Gasteiger partial charge is 0.269 e. The van der Waals surface area contributed by atoms with Crippen molar-refractivity contribution in [3.8, 4) is 6.07 Å². The van der Waals surface area contributed by atoms with E-state index in [0.29, 0.717) is 6.42 Å². The van der Waals surface area contributed by atoms with Gasteiger partial charge in [-0.2, -0.15) is 5.26 Å². The molecule has 0 unspecified atom stereocenters. The minimum atomic E-state index is -0.385. The second-order valence-corrected chi connectivity index (χ2v) is 5.06. The van der Waals surface area contributed by atoms with Crippen LogP contribution in [0.1, 0.15) is 37.7 Å². The van der Waals surface area contributed by atoms with Crippen molar-refractivity contribution in [3.63, 3.8) is 0 Å². The summed E-state index contributed by atoms with van der Waals surface area (Å²) >= 11 is 0. The monoisotopic (exact) mass is 244 g/mol. The molecule has 0 spiro atoms. The molecular weight excluding hydrogens is 228 g/mol. The first kappa shape index (κ1) is 12.6. The quantitative estimate of drug-likeness (QED) is 0.602. The van der Waals surface area contributed by atoms with Crippen molar-refractivity contribution in [2.75, 3.05) is 0 Å². The molecule has 1 saturated carbocycles. The number of non-ortho nitro benzene ring substituents is 1. The first-order chi connectivity index (χ1) is 8.65. The second kappa shape index (κ2) is 5.18. The minimum absolute atomic E-state index is 0.108. The van der Waals surface area contributed by atoms with E-state index in [-0.39, 0.29) is 16.0 Å². The maximum absolute atomic E-state index is 10.7. The van der Waals surface area contributed by atoms with Crippen LogP contribution in [-0.4, -0.2) is 4.92 Å². The van der Waals surface area contributed by atoms with E-state index in [1.165, 1.54) is 12.5 Å². The van der Waals surface area contributed by atoms with Crippen LogP contribution in [0, 0.1) is 26.9 Å². The molecule has 0 heterocycles. The fraction of sp³-hybridized carbons (Fsp3) is 0.500. The highest BCUT2D eigenvalue weighted by Crippen LogP contribution is 2.38. The fourth-order valence-electron chi connectivity index (χ4n) is 2.73. The lowest BCUT2D eigenvalue weighted by atomic mass is 9.71. The molecule has 18 heavy (non-hydrogen) atoms. The summed E-state index contributed by atoms with van der Waals surface area (Å²) in [6, 6.07) is 9.10. The third-order valence-corrected chi connectivity index (χ3v) is 3.71. The zero-order valence-electron chi connectivity index (χ0n) is 10.3. The number of rotatable bonds is 3. The summed E-state index contributed by atoms with van der Waals surface area (Å²) in [6.07, 6.45) is 5.81. The number of nitro groups is 1. The Labute approximate surface area is 106 Å². The van der Waals surface area contributed by atoms with Crippen molar-refractivity contribution in [2.45, 2.75) is 38.5 Å². The number of hydrogen-bond acceptors (Lipinski definition) is 3. The van der Waals surface area contributed by atoms with Gasteiger partial charge in [-0.1, -0.05) is 31.4 Å². The lowest BCUT2D eigenvalue weighted by Crippen LogP contribution is -2.24. The highest BCUT2D eigenvalue weighted by atomic mass is 16.6. The Bertz CT molecular complexity index is 485. The molecule has 4 heteroatoms. The molecule has 0 radical (unpaired) electrons. The Balaban J connectivity index is 2.19. The molecular formula is C14H16N2O2. The van der Waals surface area contributed by atoms with Gasteiger partial charge in [0.25, 0.3) is 5.69 Å². The van der Waals surface area contributed by atoms with Crippen molar-refractivity contribution in [2.24, 2.45) is 5.41 Å². The summed E-state index contributed by atoms with van der Waals surface area (Å²) in [6.45, 7) is 0. The van der Waals surface area contributed by atoms with Crippen LogP contribution in [0.25, 0.3) is 0 Å². The summed E-state index contributed by atoms with van der Waals surface area (Å²) in [5, 5.41) is 20.1. The van der Waals surface area contributed by atoms with Gasteiger partial charge >= 0.3 is 0 Å². The van der Waals surface area contributed by atoms with Crippen LogP contribution >= 0.6 is 0 Å². The molecule has 0 saturated heterocycles. The summed E-state index contributed by atoms with van der Waals surface area (Å²) in [5.41, 5.74) is 0.692. The van der Waals surface area contributed by atoms with Gasteiger partial charge in [0.2, 0.25) is 0 Å². The van der Waals surface area contributed by atoms with Gasteiger partial charge in [-0.25, -0.2) is 0 Å². The number of hydrogen-bond donors (Lipinski definition) is 0. The standard InChI is InChI=1S/C14H16N2O2/c15-11-14(7-2-1-3-8-14)10-12-5-4-6-13(9-12)16(17)18/h4-6,9H,1-3,7-8,10H2. The van der Waals surface area contributed by atoms with Gasteiger partial charge in [0.15, 0.2) is 0 Å². The van der Waals surface area contributed by atoms with Crippen LogP contribution in [0.3, 0.4) is 0 Å². The first-order valence-corrected chi connectivity index (χ1v) is 6.30. The predicted molar refractivity (Wildman–Crippen MR) is 67.9 cm³/mol. The van der Waals surface area contributed by atoms with Crippen molar-refractivity contribution in [3.05, 3.63) is 39.9 Å². The molecule has 1 fully saturated rings. The second-order valence-electron chi connectivity index (χ2n) is 5.06. The Morgan fingerprint density at radius 3 is 2.67 bits per heavy atom. The third-order valence-electron chi connectivity index (χ3n) is 3.71. The molecule has 0 aliphatic heterocycles. The van der Waals surface area contributed by atoms with E-state index in [1.54, 1.807) is 12.1 Å². The van der Waals surface area contributed by atoms with E-state index in [1.807, 2.05) is 6.07 Å². The average molecular weight is 244 g/mol. The van der Waals surface area contributed by atoms with Crippen LogP contribution in [0.5, 0.6) is 0 Å². The molecule has 0 amide bonds. The minimum Gasteiger partial charge on any atom is -0.258 e. The highest BCUT2D eigenvalue weighted by Gasteiger charge is 2.32. The first-order valence-electron chi connectivity index (χ1n) is 6.30. The smallest absolute Gasteiger partial charge is 0.258 e. The van der Waals surface area contributed by atoms with Gasteiger partial charge in [-0.15, -0.1) is 0 Å². The Morgan fingerprint density at radius 1 is 1.33 bits per heavy atom. The molecule has 0 N–H and O–H groups in total. The van der Waals surface area contributed by atoms with E-state index in [2.05, 4.69) is 6.07 Å². The molecule has 2 rings (SSSR count). The molecule has 0 aromatic heterocycles. The molecule has 94 valence electrons. The molecule has 0 bridgehead atoms. The normalized spacial score (nSPS) is 17.9. The zero-order chi connectivity index (χ0) is 13.0. The summed E-state index contributed by atoms with van der Waals surface area (Å²) in [7, 11) is 0. The fourth-order valence-corrected chi connectivity index (χ4v) is 2.73. The van der Waals surface area contributed by atoms with Crippen LogP contribution < -0.4 is 0 Å². The average Bonchev–Trinajstić information content (AvgIpc) is 2.40. The number of benzene rings is 1. The molecule has 1 aliphatic carbocycles. The van der Waals surface area contributed by atoms with E-state index in [4.69, 9.17) is 0 Å². The highest BCUT2D eigenvalue weighted by molar-refractivity contribution is 5.35. The van der Waals surface area contributed by atoms with Gasteiger partial charge in [0.05, 0.1) is 16.4 Å². The van der Waals surface area contributed by atoms with E-state index in [0.717, 1.165) is 31.2 Å². The van der Waals surface area contributed by atoms with E-state index >= 15 is 0 Å². The third kappa shape index (κ3) is 2.67. The summed E-state index contributed by atoms with van der Waals surface area (Å²) < 4.78 is 0. The van der Waals surface area contributed by atoms with Crippen LogP contribution in [0.15, 0.2) is 24.3 Å². The molecule has 1 aromatic rings. The van der Waals surface area contributed by atoms with Crippen molar-refractivity contribution >= 4 is 5.69 Å². The van der Waals surface area contributed by atoms with E-state index in [9.17, 15) is 15.4 Å². The van der Waals surface area contributed by atoms with Crippen molar-refractivity contribution in [1.82, 2.24) is 0 Å². The maximum Gasteiger partial charge on any atom is 0.269 e. The topological polar surface area (TPSA) is 66.9 Å². The molecule has 1 aliphatic rings. The van der Waals surface area contributed by atoms with Crippen molar-refractivity contribution in [1.29, 1.82) is 5.26 Å². The lowest BCUT2D eigenvalue weighted by molar-refractivity contribution is -0.384. The molecule has 4 nitrogen and oxygen atoms in total. The Kier molecular flexibility index (Phi) is 3.61. The molecule has 0 atom stereocenters. The summed E-state index contributed by atoms with van der Waals surface area (Å²) in [4.78, 5) is 10.3. The van der Waals surface area contributed by atoms with Gasteiger partial charge in [0, 0.05) is 12.1 Å². The number of nitrogens with zero attached hydrogens (tertiary/aromatic N) is 2. The number of nitro benzene ring substituents is 1. The summed E-state index contributed by atoms with van der Waals surface area (Å²) in [5.74, 6) is 0.